The number of nitrogens with zero attached hydrogens (tertiary/aromatic N) is 5. The predicted octanol–water partition coefficient (Wildman–Crippen LogP) is 1.89. The van der Waals surface area contributed by atoms with Gasteiger partial charge in [-0.05, 0) is 44.2 Å². The summed E-state index contributed by atoms with van der Waals surface area (Å²) in [5, 5.41) is 10.9. The number of guanidine groups is 1. The summed E-state index contributed by atoms with van der Waals surface area (Å²) >= 11 is 0. The van der Waals surface area contributed by atoms with Gasteiger partial charge in [-0.15, -0.1) is 24.0 Å². The number of hydrogen-bond donors (Lipinski definition) is 2. The molecule has 0 aliphatic carbocycles. The van der Waals surface area contributed by atoms with Gasteiger partial charge in [0.25, 0.3) is 0 Å². The summed E-state index contributed by atoms with van der Waals surface area (Å²) in [6, 6.07) is 8.40. The fourth-order valence-electron chi connectivity index (χ4n) is 3.56. The van der Waals surface area contributed by atoms with Gasteiger partial charge in [0.05, 0.1) is 17.9 Å². The molecule has 1 aliphatic heterocycles. The summed E-state index contributed by atoms with van der Waals surface area (Å²) in [6.45, 7) is 8.40. The third-order valence-corrected chi connectivity index (χ3v) is 5.10. The van der Waals surface area contributed by atoms with Gasteiger partial charge >= 0.3 is 0 Å². The number of carbonyl (C=O) groups excluding carboxylic acids is 1. The van der Waals surface area contributed by atoms with Gasteiger partial charge in [-0.2, -0.15) is 5.10 Å². The maximum Gasteiger partial charge on any atom is 0.234 e. The summed E-state index contributed by atoms with van der Waals surface area (Å²) in [6.07, 6.45) is 2.63. The van der Waals surface area contributed by atoms with E-state index >= 15 is 0 Å². The zero-order chi connectivity index (χ0) is 22.2. The largest absolute Gasteiger partial charge is 0.356 e. The molecular weight excluding hydrogens is 524 g/mol. The third-order valence-electron chi connectivity index (χ3n) is 5.10. The highest BCUT2D eigenvalue weighted by molar-refractivity contribution is 14.0. The van der Waals surface area contributed by atoms with E-state index in [4.69, 9.17) is 0 Å². The first-order valence-corrected chi connectivity index (χ1v) is 10.7. The minimum atomic E-state index is -0.258. The molecule has 1 aromatic heterocycles. The van der Waals surface area contributed by atoms with Crippen LogP contribution < -0.4 is 10.6 Å². The highest BCUT2D eigenvalue weighted by Crippen LogP contribution is 2.09. The molecule has 10 heteroatoms. The lowest BCUT2D eigenvalue weighted by molar-refractivity contribution is -0.123. The number of halogens is 2. The number of aromatic nitrogens is 2. The van der Waals surface area contributed by atoms with E-state index in [1.165, 1.54) is 12.1 Å². The Morgan fingerprint density at radius 2 is 1.84 bits per heavy atom. The molecule has 0 radical (unpaired) electrons. The lowest BCUT2D eigenvalue weighted by Gasteiger charge is -2.36. The number of nitrogens with one attached hydrogen (secondary N) is 2. The van der Waals surface area contributed by atoms with E-state index in [2.05, 4.69) is 30.5 Å². The van der Waals surface area contributed by atoms with Gasteiger partial charge in [-0.3, -0.25) is 14.7 Å². The van der Waals surface area contributed by atoms with Crippen LogP contribution in [0.5, 0.6) is 0 Å². The normalized spacial score (nSPS) is 14.9. The van der Waals surface area contributed by atoms with E-state index in [1.54, 1.807) is 23.9 Å². The Morgan fingerprint density at radius 1 is 1.16 bits per heavy atom. The number of benzene rings is 1. The monoisotopic (exact) mass is 557 g/mol. The van der Waals surface area contributed by atoms with Crippen LogP contribution in [-0.4, -0.2) is 83.8 Å². The van der Waals surface area contributed by atoms with Crippen LogP contribution in [0, 0.1) is 5.82 Å². The molecule has 0 atom stereocenters. The molecule has 1 aromatic carbocycles. The highest BCUT2D eigenvalue weighted by atomic mass is 127. The maximum absolute atomic E-state index is 13.1. The zero-order valence-corrected chi connectivity index (χ0v) is 21.3. The minimum Gasteiger partial charge on any atom is -0.356 e. The topological polar surface area (TPSA) is 77.8 Å². The van der Waals surface area contributed by atoms with Crippen LogP contribution >= 0.6 is 24.0 Å². The Bertz CT molecular complexity index is 877. The van der Waals surface area contributed by atoms with Crippen LogP contribution in [0.25, 0.3) is 5.69 Å². The Morgan fingerprint density at radius 3 is 2.47 bits per heavy atom. The molecular formula is C22H33FIN7O. The van der Waals surface area contributed by atoms with Gasteiger partial charge in [0.2, 0.25) is 5.91 Å². The van der Waals surface area contributed by atoms with Crippen LogP contribution in [-0.2, 0) is 11.2 Å². The first-order chi connectivity index (χ1) is 14.9. The molecule has 2 N–H and O–H groups in total. The minimum absolute atomic E-state index is 0. The molecule has 3 rings (SSSR count). The molecule has 176 valence electrons. The fraction of sp³-hybridized carbons (Fsp3) is 0.500. The van der Waals surface area contributed by atoms with Gasteiger partial charge in [0, 0.05) is 58.4 Å². The molecule has 1 fully saturated rings. The highest BCUT2D eigenvalue weighted by Gasteiger charge is 2.21. The van der Waals surface area contributed by atoms with Crippen molar-refractivity contribution in [2.24, 2.45) is 4.99 Å². The molecule has 32 heavy (non-hydrogen) atoms. The number of hydrogen-bond acceptors (Lipinski definition) is 4. The van der Waals surface area contributed by atoms with Crippen molar-refractivity contribution in [1.29, 1.82) is 0 Å². The first-order valence-electron chi connectivity index (χ1n) is 10.7. The second-order valence-electron chi connectivity index (χ2n) is 7.94. The molecule has 1 amide bonds. The van der Waals surface area contributed by atoms with Crippen LogP contribution in [0.2, 0.25) is 0 Å². The van der Waals surface area contributed by atoms with Crippen molar-refractivity contribution in [3.8, 4) is 5.69 Å². The van der Waals surface area contributed by atoms with Crippen molar-refractivity contribution >= 4 is 35.8 Å². The predicted molar refractivity (Wildman–Crippen MR) is 135 cm³/mol. The number of amides is 1. The Kier molecular flexibility index (Phi) is 10.4. The van der Waals surface area contributed by atoms with Gasteiger partial charge in [0.1, 0.15) is 5.82 Å². The molecule has 1 saturated heterocycles. The Labute approximate surface area is 206 Å². The average Bonchev–Trinajstić information content (AvgIpc) is 3.21. The van der Waals surface area contributed by atoms with Gasteiger partial charge in [0.15, 0.2) is 5.96 Å². The third kappa shape index (κ3) is 7.73. The fourth-order valence-corrected chi connectivity index (χ4v) is 3.56. The summed E-state index contributed by atoms with van der Waals surface area (Å²) < 4.78 is 14.8. The van der Waals surface area contributed by atoms with E-state index < -0.39 is 0 Å². The van der Waals surface area contributed by atoms with Crippen LogP contribution in [0.4, 0.5) is 4.39 Å². The molecule has 8 nitrogen and oxygen atoms in total. The molecule has 0 bridgehead atoms. The summed E-state index contributed by atoms with van der Waals surface area (Å²) in [5.41, 5.74) is 1.78. The quantitative estimate of drug-likeness (QED) is 0.309. The molecule has 1 aliphatic rings. The summed E-state index contributed by atoms with van der Waals surface area (Å²) in [7, 11) is 1.79. The molecule has 0 unspecified atom stereocenters. The van der Waals surface area contributed by atoms with Gasteiger partial charge in [-0.25, -0.2) is 9.07 Å². The van der Waals surface area contributed by atoms with E-state index in [1.807, 2.05) is 26.1 Å². The van der Waals surface area contributed by atoms with Crippen molar-refractivity contribution in [3.05, 3.63) is 48.0 Å². The summed E-state index contributed by atoms with van der Waals surface area (Å²) in [5.74, 6) is 0.682. The second-order valence-corrected chi connectivity index (χ2v) is 7.94. The molecule has 0 spiro atoms. The van der Waals surface area contributed by atoms with E-state index in [0.717, 1.165) is 49.9 Å². The number of carbonyl (C=O) groups is 1. The number of aliphatic imine (C=N–C) groups is 1. The average molecular weight is 557 g/mol. The second kappa shape index (κ2) is 12.7. The van der Waals surface area contributed by atoms with Crippen LogP contribution in [0.3, 0.4) is 0 Å². The summed E-state index contributed by atoms with van der Waals surface area (Å²) in [4.78, 5) is 20.7. The van der Waals surface area contributed by atoms with Gasteiger partial charge < -0.3 is 15.5 Å². The SMILES string of the molecule is CN=C(NCCc1ccn(-c2ccc(F)cc2)n1)N1CCN(CC(=O)NC(C)C)CC1.I. The molecule has 0 saturated carbocycles. The smallest absolute Gasteiger partial charge is 0.234 e. The lowest BCUT2D eigenvalue weighted by Crippen LogP contribution is -2.54. The standard InChI is InChI=1S/C22H32FN7O.HI/c1-17(2)26-21(31)16-28-12-14-29(15-13-28)22(24-3)25-10-8-19-9-11-30(27-19)20-6-4-18(23)5-7-20;/h4-7,9,11,17H,8,10,12-16H2,1-3H3,(H,24,25)(H,26,31);1H. The molecule has 2 aromatic rings. The van der Waals surface area contributed by atoms with Gasteiger partial charge in [-0.1, -0.05) is 0 Å². The Hall–Kier alpha value is -2.21. The lowest BCUT2D eigenvalue weighted by atomic mass is 10.3. The van der Waals surface area contributed by atoms with Crippen molar-refractivity contribution < 1.29 is 9.18 Å². The van der Waals surface area contributed by atoms with E-state index in [0.29, 0.717) is 13.1 Å². The Balaban J connectivity index is 0.00000363. The van der Waals surface area contributed by atoms with Crippen molar-refractivity contribution in [1.82, 2.24) is 30.2 Å². The maximum atomic E-state index is 13.1. The zero-order valence-electron chi connectivity index (χ0n) is 18.9. The van der Waals surface area contributed by atoms with Crippen LogP contribution in [0.15, 0.2) is 41.5 Å². The van der Waals surface area contributed by atoms with E-state index in [-0.39, 0.29) is 41.7 Å². The number of rotatable bonds is 7. The van der Waals surface area contributed by atoms with Crippen molar-refractivity contribution in [3.63, 3.8) is 0 Å². The van der Waals surface area contributed by atoms with Crippen molar-refractivity contribution in [2.75, 3.05) is 46.3 Å². The molecule has 2 heterocycles. The van der Waals surface area contributed by atoms with Crippen LogP contribution in [0.1, 0.15) is 19.5 Å². The van der Waals surface area contributed by atoms with E-state index in [9.17, 15) is 9.18 Å². The first kappa shape index (κ1) is 26.0. The van der Waals surface area contributed by atoms with Crippen molar-refractivity contribution in [2.45, 2.75) is 26.3 Å². The number of piperazine rings is 1.